The van der Waals surface area contributed by atoms with Crippen molar-refractivity contribution in [3.05, 3.63) is 96.1 Å². The highest BCUT2D eigenvalue weighted by atomic mass is 16.5. The van der Waals surface area contributed by atoms with Crippen LogP contribution in [0.25, 0.3) is 0 Å². The van der Waals surface area contributed by atoms with E-state index in [1.165, 1.54) is 0 Å². The second-order valence-corrected chi connectivity index (χ2v) is 7.35. The summed E-state index contributed by atoms with van der Waals surface area (Å²) in [5.74, 6) is 1.31. The van der Waals surface area contributed by atoms with E-state index in [9.17, 15) is 9.59 Å². The predicted octanol–water partition coefficient (Wildman–Crippen LogP) is 3.99. The lowest BCUT2D eigenvalue weighted by Gasteiger charge is -2.19. The average Bonchev–Trinajstić information content (AvgIpc) is 2.84. The van der Waals surface area contributed by atoms with Crippen molar-refractivity contribution in [2.45, 2.75) is 0 Å². The van der Waals surface area contributed by atoms with Crippen LogP contribution in [0, 0.1) is 0 Å². The molecule has 0 aliphatic heterocycles. The van der Waals surface area contributed by atoms with Gasteiger partial charge in [-0.3, -0.25) is 9.59 Å². The molecule has 3 aromatic carbocycles. The predicted molar refractivity (Wildman–Crippen MR) is 124 cm³/mol. The largest absolute Gasteiger partial charge is 0.492 e. The fourth-order valence-electron chi connectivity index (χ4n) is 3.03. The van der Waals surface area contributed by atoms with Gasteiger partial charge in [0.05, 0.1) is 13.1 Å². The molecule has 166 valence electrons. The summed E-state index contributed by atoms with van der Waals surface area (Å²) in [6, 6.07) is 25.7. The molecule has 0 saturated carbocycles. The minimum atomic E-state index is -0.120. The summed E-state index contributed by atoms with van der Waals surface area (Å²) in [6.45, 7) is 1.72. The van der Waals surface area contributed by atoms with Crippen molar-refractivity contribution >= 4 is 11.8 Å². The van der Waals surface area contributed by atoms with Gasteiger partial charge in [-0.25, -0.2) is 0 Å². The van der Waals surface area contributed by atoms with E-state index in [4.69, 9.17) is 9.47 Å². The number of para-hydroxylation sites is 2. The summed E-state index contributed by atoms with van der Waals surface area (Å²) in [6.07, 6.45) is 0. The molecule has 3 aromatic rings. The quantitative estimate of drug-likeness (QED) is 0.486. The Labute approximate surface area is 189 Å². The molecule has 0 N–H and O–H groups in total. The fraction of sp³-hybridized carbons (Fsp3) is 0.231. The Balaban J connectivity index is 1.46. The third-order valence-electron chi connectivity index (χ3n) is 4.95. The van der Waals surface area contributed by atoms with Crippen LogP contribution >= 0.6 is 0 Å². The molecule has 6 heteroatoms. The summed E-state index contributed by atoms with van der Waals surface area (Å²) in [4.78, 5) is 28.5. The van der Waals surface area contributed by atoms with Crippen molar-refractivity contribution in [1.29, 1.82) is 0 Å². The molecule has 0 aliphatic rings. The first kappa shape index (κ1) is 22.9. The van der Waals surface area contributed by atoms with Gasteiger partial charge in [0.15, 0.2) is 0 Å². The number of nitrogens with zero attached hydrogens (tertiary/aromatic N) is 2. The van der Waals surface area contributed by atoms with Crippen LogP contribution < -0.4 is 9.47 Å². The van der Waals surface area contributed by atoms with Crippen molar-refractivity contribution in [1.82, 2.24) is 9.80 Å². The molecule has 0 aliphatic carbocycles. The molecular formula is C26H28N2O4. The van der Waals surface area contributed by atoms with Gasteiger partial charge in [0.2, 0.25) is 0 Å². The van der Waals surface area contributed by atoms with Gasteiger partial charge in [-0.2, -0.15) is 0 Å². The Morgan fingerprint density at radius 1 is 0.594 bits per heavy atom. The van der Waals surface area contributed by atoms with Crippen LogP contribution in [-0.2, 0) is 0 Å². The van der Waals surface area contributed by atoms with Crippen LogP contribution in [0.2, 0.25) is 0 Å². The molecule has 32 heavy (non-hydrogen) atoms. The maximum Gasteiger partial charge on any atom is 0.253 e. The standard InChI is InChI=1S/C26H28N2O4/c1-27(17-19-31-23-9-5-3-6-10-23)25(29)21-13-15-22(16-14-21)26(30)28(2)18-20-32-24-11-7-4-8-12-24/h3-16H,17-20H2,1-2H3. The number of rotatable bonds is 10. The molecule has 0 saturated heterocycles. The average molecular weight is 433 g/mol. The van der Waals surface area contributed by atoms with E-state index < -0.39 is 0 Å². The molecule has 0 bridgehead atoms. The highest BCUT2D eigenvalue weighted by Crippen LogP contribution is 2.12. The molecule has 0 spiro atoms. The number of carbonyl (C=O) groups excluding carboxylic acids is 2. The first-order valence-corrected chi connectivity index (χ1v) is 10.5. The Hall–Kier alpha value is -3.80. The normalized spacial score (nSPS) is 10.3. The topological polar surface area (TPSA) is 59.1 Å². The lowest BCUT2D eigenvalue weighted by atomic mass is 10.1. The molecule has 0 unspecified atom stereocenters. The smallest absolute Gasteiger partial charge is 0.253 e. The first-order valence-electron chi connectivity index (χ1n) is 10.5. The Morgan fingerprint density at radius 3 is 1.28 bits per heavy atom. The zero-order valence-electron chi connectivity index (χ0n) is 18.4. The molecule has 2 amide bonds. The maximum absolute atomic E-state index is 12.6. The number of likely N-dealkylation sites (N-methyl/N-ethyl adjacent to an activating group) is 2. The Kier molecular flexibility index (Phi) is 8.26. The van der Waals surface area contributed by atoms with Gasteiger partial charge < -0.3 is 19.3 Å². The molecule has 0 aromatic heterocycles. The maximum atomic E-state index is 12.6. The van der Waals surface area contributed by atoms with Crippen LogP contribution in [0.3, 0.4) is 0 Å². The number of amides is 2. The van der Waals surface area contributed by atoms with Gasteiger partial charge >= 0.3 is 0 Å². The Morgan fingerprint density at radius 2 is 0.938 bits per heavy atom. The monoisotopic (exact) mass is 432 g/mol. The minimum Gasteiger partial charge on any atom is -0.492 e. The zero-order chi connectivity index (χ0) is 22.8. The van der Waals surface area contributed by atoms with Gasteiger partial charge in [-0.1, -0.05) is 36.4 Å². The summed E-state index contributed by atoms with van der Waals surface area (Å²) in [5, 5.41) is 0. The molecular weight excluding hydrogens is 404 g/mol. The van der Waals surface area contributed by atoms with E-state index in [1.807, 2.05) is 60.7 Å². The van der Waals surface area contributed by atoms with Gasteiger partial charge in [0.1, 0.15) is 24.7 Å². The highest BCUT2D eigenvalue weighted by molar-refractivity contribution is 5.97. The fourth-order valence-corrected chi connectivity index (χ4v) is 3.03. The number of hydrogen-bond acceptors (Lipinski definition) is 4. The van der Waals surface area contributed by atoms with E-state index in [1.54, 1.807) is 48.2 Å². The molecule has 0 atom stereocenters. The molecule has 0 heterocycles. The summed E-state index contributed by atoms with van der Waals surface area (Å²) < 4.78 is 11.3. The van der Waals surface area contributed by atoms with Crippen molar-refractivity contribution in [2.75, 3.05) is 40.4 Å². The van der Waals surface area contributed by atoms with E-state index in [-0.39, 0.29) is 11.8 Å². The number of carbonyl (C=O) groups is 2. The lowest BCUT2D eigenvalue weighted by molar-refractivity contribution is 0.0763. The lowest BCUT2D eigenvalue weighted by Crippen LogP contribution is -2.32. The highest BCUT2D eigenvalue weighted by Gasteiger charge is 2.15. The Bertz CT molecular complexity index is 909. The number of ether oxygens (including phenoxy) is 2. The van der Waals surface area contributed by atoms with Crippen LogP contribution in [0.5, 0.6) is 11.5 Å². The minimum absolute atomic E-state index is 0.120. The number of hydrogen-bond donors (Lipinski definition) is 0. The second kappa shape index (κ2) is 11.6. The third kappa shape index (κ3) is 6.60. The summed E-state index contributed by atoms with van der Waals surface area (Å²) in [7, 11) is 3.46. The SMILES string of the molecule is CN(CCOc1ccccc1)C(=O)c1ccc(C(=O)N(C)CCOc2ccccc2)cc1. The van der Waals surface area contributed by atoms with Crippen molar-refractivity contribution < 1.29 is 19.1 Å². The van der Waals surface area contributed by atoms with E-state index >= 15 is 0 Å². The van der Waals surface area contributed by atoms with E-state index in [0.29, 0.717) is 37.4 Å². The van der Waals surface area contributed by atoms with Crippen molar-refractivity contribution in [3.63, 3.8) is 0 Å². The summed E-state index contributed by atoms with van der Waals surface area (Å²) in [5.41, 5.74) is 1.05. The molecule has 6 nitrogen and oxygen atoms in total. The zero-order valence-corrected chi connectivity index (χ0v) is 18.4. The second-order valence-electron chi connectivity index (χ2n) is 7.35. The molecule has 0 radical (unpaired) electrons. The number of benzene rings is 3. The van der Waals surface area contributed by atoms with Crippen molar-refractivity contribution in [3.8, 4) is 11.5 Å². The third-order valence-corrected chi connectivity index (χ3v) is 4.95. The van der Waals surface area contributed by atoms with E-state index in [2.05, 4.69) is 0 Å². The molecule has 0 fully saturated rings. The summed E-state index contributed by atoms with van der Waals surface area (Å²) >= 11 is 0. The van der Waals surface area contributed by atoms with Gasteiger partial charge in [-0.15, -0.1) is 0 Å². The molecule has 3 rings (SSSR count). The van der Waals surface area contributed by atoms with Crippen LogP contribution in [0.4, 0.5) is 0 Å². The van der Waals surface area contributed by atoms with Gasteiger partial charge in [0, 0.05) is 25.2 Å². The van der Waals surface area contributed by atoms with E-state index in [0.717, 1.165) is 11.5 Å². The van der Waals surface area contributed by atoms with Gasteiger partial charge in [0.25, 0.3) is 11.8 Å². The van der Waals surface area contributed by atoms with Gasteiger partial charge in [-0.05, 0) is 48.5 Å². The van der Waals surface area contributed by atoms with Crippen molar-refractivity contribution in [2.24, 2.45) is 0 Å². The van der Waals surface area contributed by atoms with Crippen LogP contribution in [-0.4, -0.2) is 62.0 Å². The first-order chi connectivity index (χ1) is 15.5. The van der Waals surface area contributed by atoms with Crippen LogP contribution in [0.1, 0.15) is 20.7 Å². The van der Waals surface area contributed by atoms with Crippen LogP contribution in [0.15, 0.2) is 84.9 Å².